The summed E-state index contributed by atoms with van der Waals surface area (Å²) in [5, 5.41) is 12.0. The molecule has 7 nitrogen and oxygen atoms in total. The van der Waals surface area contributed by atoms with E-state index in [1.807, 2.05) is 36.4 Å². The number of carbonyl (C=O) groups excluding carboxylic acids is 1. The maximum Gasteiger partial charge on any atom is 0.407 e. The van der Waals surface area contributed by atoms with Crippen LogP contribution in [0.2, 0.25) is 0 Å². The van der Waals surface area contributed by atoms with Crippen molar-refractivity contribution in [3.05, 3.63) is 83.4 Å². The number of alkyl carbamates (subject to hydrolysis) is 1. The van der Waals surface area contributed by atoms with Gasteiger partial charge in [0.05, 0.1) is 12.5 Å². The van der Waals surface area contributed by atoms with Gasteiger partial charge in [-0.2, -0.15) is 0 Å². The summed E-state index contributed by atoms with van der Waals surface area (Å²) < 4.78 is 16.2. The first-order chi connectivity index (χ1) is 15.6. The van der Waals surface area contributed by atoms with Crippen LogP contribution in [0.1, 0.15) is 35.1 Å². The normalized spacial score (nSPS) is 14.4. The number of hydrogen-bond acceptors (Lipinski definition) is 5. The monoisotopic (exact) mass is 431 g/mol. The van der Waals surface area contributed by atoms with E-state index >= 15 is 0 Å². The van der Waals surface area contributed by atoms with Crippen LogP contribution in [0.15, 0.2) is 66.7 Å². The number of carbonyl (C=O) groups is 2. The molecule has 3 aromatic carbocycles. The van der Waals surface area contributed by atoms with Gasteiger partial charge in [-0.3, -0.25) is 4.79 Å². The molecule has 1 aliphatic heterocycles. The molecule has 2 aliphatic rings. The molecule has 1 aliphatic carbocycles. The lowest BCUT2D eigenvalue weighted by Crippen LogP contribution is -2.31. The van der Waals surface area contributed by atoms with Crippen LogP contribution in [0.5, 0.6) is 11.5 Å². The van der Waals surface area contributed by atoms with Gasteiger partial charge in [-0.05, 0) is 39.9 Å². The van der Waals surface area contributed by atoms with Crippen LogP contribution in [0.3, 0.4) is 0 Å². The Morgan fingerprint density at radius 1 is 0.969 bits per heavy atom. The predicted octanol–water partition coefficient (Wildman–Crippen LogP) is 4.47. The molecule has 162 valence electrons. The minimum atomic E-state index is -1.04. The highest BCUT2D eigenvalue weighted by Crippen LogP contribution is 2.44. The maximum atomic E-state index is 12.6. The molecule has 0 saturated carbocycles. The number of hydrogen-bond donors (Lipinski definition) is 2. The Morgan fingerprint density at radius 2 is 1.62 bits per heavy atom. The summed E-state index contributed by atoms with van der Waals surface area (Å²) in [6.45, 7) is 0.267. The fourth-order valence-electron chi connectivity index (χ4n) is 4.34. The molecule has 2 N–H and O–H groups in total. The lowest BCUT2D eigenvalue weighted by atomic mass is 9.98. The number of nitrogens with one attached hydrogen (secondary N) is 1. The van der Waals surface area contributed by atoms with Crippen LogP contribution in [0.25, 0.3) is 11.1 Å². The Morgan fingerprint density at radius 3 is 2.31 bits per heavy atom. The fraction of sp³-hybridized carbons (Fsp3) is 0.200. The molecule has 1 unspecified atom stereocenters. The summed E-state index contributed by atoms with van der Waals surface area (Å²) in [6.07, 6.45) is -0.958. The number of ether oxygens (including phenoxy) is 3. The third-order valence-corrected chi connectivity index (χ3v) is 5.81. The lowest BCUT2D eigenvalue weighted by molar-refractivity contribution is -0.137. The van der Waals surface area contributed by atoms with Crippen LogP contribution in [-0.4, -0.2) is 30.6 Å². The van der Waals surface area contributed by atoms with Gasteiger partial charge in [0, 0.05) is 5.92 Å². The molecular formula is C25H21NO6. The second-order valence-electron chi connectivity index (χ2n) is 7.73. The SMILES string of the molecule is O=C(O)CC(NC(=O)OCC1c2ccccc2-c2ccccc21)c1ccc2c(c1)OCO2. The Hall–Kier alpha value is -4.00. The van der Waals surface area contributed by atoms with Crippen molar-refractivity contribution in [3.8, 4) is 22.6 Å². The highest BCUT2D eigenvalue weighted by molar-refractivity contribution is 5.79. The molecular weight excluding hydrogens is 410 g/mol. The van der Waals surface area contributed by atoms with Crippen LogP contribution >= 0.6 is 0 Å². The maximum absolute atomic E-state index is 12.6. The smallest absolute Gasteiger partial charge is 0.407 e. The van der Waals surface area contributed by atoms with Gasteiger partial charge < -0.3 is 24.6 Å². The summed E-state index contributed by atoms with van der Waals surface area (Å²) in [7, 11) is 0. The predicted molar refractivity (Wildman–Crippen MR) is 116 cm³/mol. The molecule has 0 fully saturated rings. The third kappa shape index (κ3) is 3.73. The summed E-state index contributed by atoms with van der Waals surface area (Å²) >= 11 is 0. The summed E-state index contributed by atoms with van der Waals surface area (Å²) in [4.78, 5) is 24.0. The van der Waals surface area contributed by atoms with Crippen molar-refractivity contribution in [2.75, 3.05) is 13.4 Å². The van der Waals surface area contributed by atoms with E-state index in [2.05, 4.69) is 17.4 Å². The van der Waals surface area contributed by atoms with Gasteiger partial charge in [0.25, 0.3) is 0 Å². The topological polar surface area (TPSA) is 94.1 Å². The number of carboxylic acids is 1. The summed E-state index contributed by atoms with van der Waals surface area (Å²) in [5.74, 6) is -0.000534. The van der Waals surface area contributed by atoms with E-state index < -0.39 is 18.1 Å². The average Bonchev–Trinajstić information content (AvgIpc) is 3.39. The first-order valence-corrected chi connectivity index (χ1v) is 10.3. The zero-order valence-electron chi connectivity index (χ0n) is 17.1. The van der Waals surface area contributed by atoms with Crippen molar-refractivity contribution >= 4 is 12.1 Å². The zero-order chi connectivity index (χ0) is 22.1. The molecule has 0 spiro atoms. The quantitative estimate of drug-likeness (QED) is 0.598. The minimum absolute atomic E-state index is 0.0726. The van der Waals surface area contributed by atoms with Crippen LogP contribution in [-0.2, 0) is 9.53 Å². The summed E-state index contributed by atoms with van der Waals surface area (Å²) in [6, 6.07) is 20.5. The van der Waals surface area contributed by atoms with Gasteiger partial charge in [0.2, 0.25) is 6.79 Å². The van der Waals surface area contributed by atoms with Gasteiger partial charge in [-0.25, -0.2) is 4.79 Å². The Kier molecular flexibility index (Phi) is 5.15. The van der Waals surface area contributed by atoms with E-state index in [0.717, 1.165) is 22.3 Å². The van der Waals surface area contributed by atoms with Crippen molar-refractivity contribution in [3.63, 3.8) is 0 Å². The standard InChI is InChI=1S/C25H21NO6/c27-24(28)12-21(15-9-10-22-23(11-15)32-14-31-22)26-25(29)30-13-20-18-7-3-1-5-16(18)17-6-2-4-8-19(17)20/h1-11,20-21H,12-14H2,(H,26,29)(H,27,28). The minimum Gasteiger partial charge on any atom is -0.481 e. The highest BCUT2D eigenvalue weighted by Gasteiger charge is 2.29. The first kappa shape index (κ1) is 19.9. The molecule has 0 bridgehead atoms. The molecule has 1 heterocycles. The van der Waals surface area contributed by atoms with Gasteiger partial charge in [-0.15, -0.1) is 0 Å². The number of fused-ring (bicyclic) bond motifs is 4. The van der Waals surface area contributed by atoms with E-state index in [9.17, 15) is 14.7 Å². The van der Waals surface area contributed by atoms with Crippen molar-refractivity contribution in [2.24, 2.45) is 0 Å². The van der Waals surface area contributed by atoms with E-state index in [-0.39, 0.29) is 25.7 Å². The van der Waals surface area contributed by atoms with Gasteiger partial charge in [0.15, 0.2) is 11.5 Å². The highest BCUT2D eigenvalue weighted by atomic mass is 16.7. The van der Waals surface area contributed by atoms with Crippen molar-refractivity contribution in [2.45, 2.75) is 18.4 Å². The molecule has 1 atom stereocenters. The van der Waals surface area contributed by atoms with E-state index in [4.69, 9.17) is 14.2 Å². The molecule has 5 rings (SSSR count). The lowest BCUT2D eigenvalue weighted by Gasteiger charge is -2.19. The Bertz CT molecular complexity index is 1150. The summed E-state index contributed by atoms with van der Waals surface area (Å²) in [5.41, 5.74) is 5.10. The number of benzene rings is 3. The fourth-order valence-corrected chi connectivity index (χ4v) is 4.34. The van der Waals surface area contributed by atoms with Crippen LogP contribution < -0.4 is 14.8 Å². The number of carboxylic acid groups (broad SMARTS) is 1. The van der Waals surface area contributed by atoms with Gasteiger partial charge >= 0.3 is 12.1 Å². The van der Waals surface area contributed by atoms with Crippen molar-refractivity contribution in [1.29, 1.82) is 0 Å². The van der Waals surface area contributed by atoms with Crippen molar-refractivity contribution in [1.82, 2.24) is 5.32 Å². The van der Waals surface area contributed by atoms with Crippen molar-refractivity contribution < 1.29 is 28.9 Å². The first-order valence-electron chi connectivity index (χ1n) is 10.3. The molecule has 0 radical (unpaired) electrons. The Labute approximate surface area is 184 Å². The van der Waals surface area contributed by atoms with E-state index in [1.165, 1.54) is 0 Å². The van der Waals surface area contributed by atoms with Crippen LogP contribution in [0.4, 0.5) is 4.79 Å². The second kappa shape index (κ2) is 8.26. The molecule has 0 saturated heterocycles. The number of aliphatic carboxylic acids is 1. The largest absolute Gasteiger partial charge is 0.481 e. The van der Waals surface area contributed by atoms with Gasteiger partial charge in [0.1, 0.15) is 6.61 Å². The van der Waals surface area contributed by atoms with Crippen LogP contribution in [0, 0.1) is 0 Å². The Balaban J connectivity index is 1.31. The molecule has 1 amide bonds. The average molecular weight is 431 g/mol. The molecule has 3 aromatic rings. The zero-order valence-corrected chi connectivity index (χ0v) is 17.1. The van der Waals surface area contributed by atoms with E-state index in [1.54, 1.807) is 18.2 Å². The van der Waals surface area contributed by atoms with Gasteiger partial charge in [-0.1, -0.05) is 54.6 Å². The number of rotatable bonds is 6. The molecule has 32 heavy (non-hydrogen) atoms. The van der Waals surface area contributed by atoms with E-state index in [0.29, 0.717) is 17.1 Å². The third-order valence-electron chi connectivity index (χ3n) is 5.81. The number of amides is 1. The molecule has 7 heteroatoms. The molecule has 0 aromatic heterocycles. The second-order valence-corrected chi connectivity index (χ2v) is 7.73.